The minimum atomic E-state index is 0.0614. The molecule has 0 spiro atoms. The van der Waals surface area contributed by atoms with E-state index >= 15 is 0 Å². The Morgan fingerprint density at radius 3 is 2.44 bits per heavy atom. The Kier molecular flexibility index (Phi) is 4.68. The van der Waals surface area contributed by atoms with E-state index in [2.05, 4.69) is 19.2 Å². The Morgan fingerprint density at radius 2 is 1.89 bits per heavy atom. The fraction of sp³-hybridized carbons (Fsp3) is 1.00. The van der Waals surface area contributed by atoms with Gasteiger partial charge in [0.15, 0.2) is 0 Å². The van der Waals surface area contributed by atoms with Gasteiger partial charge in [-0.25, -0.2) is 0 Å². The summed E-state index contributed by atoms with van der Waals surface area (Å²) in [5.74, 6) is 0. The first-order valence-electron chi connectivity index (χ1n) is 7.55. The van der Waals surface area contributed by atoms with Gasteiger partial charge in [0.25, 0.3) is 0 Å². The van der Waals surface area contributed by atoms with Gasteiger partial charge in [-0.05, 0) is 39.5 Å². The van der Waals surface area contributed by atoms with E-state index in [1.54, 1.807) is 0 Å². The molecule has 1 saturated carbocycles. The standard InChI is InChI=1S/C15H29NO2/c1-14(2)9-6-13(18-14)10-16-11-15(12-17)7-4-3-5-8-15/h13,16-17H,3-12H2,1-2H3. The highest BCUT2D eigenvalue weighted by Crippen LogP contribution is 2.35. The van der Waals surface area contributed by atoms with Crippen molar-refractivity contribution < 1.29 is 9.84 Å². The maximum Gasteiger partial charge on any atom is 0.0707 e. The van der Waals surface area contributed by atoms with Crippen LogP contribution in [0.15, 0.2) is 0 Å². The minimum absolute atomic E-state index is 0.0614. The third-order valence-electron chi connectivity index (χ3n) is 4.68. The number of ether oxygens (including phenoxy) is 1. The highest BCUT2D eigenvalue weighted by molar-refractivity contribution is 4.86. The summed E-state index contributed by atoms with van der Waals surface area (Å²) in [7, 11) is 0. The van der Waals surface area contributed by atoms with Crippen LogP contribution in [-0.4, -0.2) is 36.5 Å². The number of aliphatic hydroxyl groups excluding tert-OH is 1. The molecule has 0 aromatic heterocycles. The van der Waals surface area contributed by atoms with Gasteiger partial charge >= 0.3 is 0 Å². The molecular weight excluding hydrogens is 226 g/mol. The Labute approximate surface area is 111 Å². The topological polar surface area (TPSA) is 41.5 Å². The number of hydrogen-bond donors (Lipinski definition) is 2. The van der Waals surface area contributed by atoms with Gasteiger partial charge in [-0.1, -0.05) is 19.3 Å². The van der Waals surface area contributed by atoms with Crippen LogP contribution in [0.2, 0.25) is 0 Å². The Hall–Kier alpha value is -0.120. The lowest BCUT2D eigenvalue weighted by atomic mass is 9.74. The molecule has 0 radical (unpaired) electrons. The molecule has 0 amide bonds. The molecule has 1 aliphatic heterocycles. The van der Waals surface area contributed by atoms with E-state index in [0.29, 0.717) is 12.7 Å². The summed E-state index contributed by atoms with van der Waals surface area (Å²) in [6, 6.07) is 0. The van der Waals surface area contributed by atoms with E-state index in [0.717, 1.165) is 25.9 Å². The number of nitrogens with one attached hydrogen (secondary N) is 1. The molecule has 1 atom stereocenters. The van der Waals surface area contributed by atoms with Crippen LogP contribution in [0.1, 0.15) is 58.8 Å². The monoisotopic (exact) mass is 255 g/mol. The van der Waals surface area contributed by atoms with E-state index in [9.17, 15) is 5.11 Å². The average molecular weight is 255 g/mol. The predicted molar refractivity (Wildman–Crippen MR) is 73.7 cm³/mol. The molecular formula is C15H29NO2. The summed E-state index contributed by atoms with van der Waals surface area (Å²) in [6.07, 6.45) is 8.91. The normalized spacial score (nSPS) is 30.5. The molecule has 1 saturated heterocycles. The maximum atomic E-state index is 9.65. The molecule has 1 aliphatic carbocycles. The second kappa shape index (κ2) is 5.89. The molecule has 0 aromatic rings. The first kappa shape index (κ1) is 14.3. The molecule has 2 N–H and O–H groups in total. The molecule has 3 nitrogen and oxygen atoms in total. The molecule has 0 bridgehead atoms. The molecule has 2 rings (SSSR count). The summed E-state index contributed by atoms with van der Waals surface area (Å²) in [5.41, 5.74) is 0.207. The molecule has 1 unspecified atom stereocenters. The fourth-order valence-electron chi connectivity index (χ4n) is 3.41. The summed E-state index contributed by atoms with van der Waals surface area (Å²) < 4.78 is 5.98. The van der Waals surface area contributed by atoms with Gasteiger partial charge in [-0.15, -0.1) is 0 Å². The van der Waals surface area contributed by atoms with Crippen molar-refractivity contribution in [1.82, 2.24) is 5.32 Å². The van der Waals surface area contributed by atoms with Crippen LogP contribution in [0.3, 0.4) is 0 Å². The highest BCUT2D eigenvalue weighted by Gasteiger charge is 2.33. The summed E-state index contributed by atoms with van der Waals surface area (Å²) in [6.45, 7) is 6.55. The number of hydrogen-bond acceptors (Lipinski definition) is 3. The third-order valence-corrected chi connectivity index (χ3v) is 4.68. The molecule has 2 aliphatic rings. The van der Waals surface area contributed by atoms with Crippen molar-refractivity contribution in [2.24, 2.45) is 5.41 Å². The van der Waals surface area contributed by atoms with Gasteiger partial charge in [0, 0.05) is 25.1 Å². The van der Waals surface area contributed by atoms with E-state index in [-0.39, 0.29) is 11.0 Å². The van der Waals surface area contributed by atoms with Gasteiger partial charge in [-0.3, -0.25) is 0 Å². The van der Waals surface area contributed by atoms with E-state index in [4.69, 9.17) is 4.74 Å². The predicted octanol–water partition coefficient (Wildman–Crippen LogP) is 2.48. The zero-order valence-corrected chi connectivity index (χ0v) is 12.0. The van der Waals surface area contributed by atoms with Crippen molar-refractivity contribution in [3.63, 3.8) is 0 Å². The molecule has 3 heteroatoms. The Balaban J connectivity index is 1.71. The SMILES string of the molecule is CC1(C)CCC(CNCC2(CO)CCCCC2)O1. The second-order valence-corrected chi connectivity index (χ2v) is 6.89. The molecule has 106 valence electrons. The largest absolute Gasteiger partial charge is 0.396 e. The third kappa shape index (κ3) is 3.69. The molecule has 1 heterocycles. The summed E-state index contributed by atoms with van der Waals surface area (Å²) in [4.78, 5) is 0. The van der Waals surface area contributed by atoms with Crippen molar-refractivity contribution in [3.05, 3.63) is 0 Å². The first-order valence-corrected chi connectivity index (χ1v) is 7.55. The fourth-order valence-corrected chi connectivity index (χ4v) is 3.41. The van der Waals surface area contributed by atoms with Crippen LogP contribution in [0.4, 0.5) is 0 Å². The van der Waals surface area contributed by atoms with Crippen molar-refractivity contribution in [2.45, 2.75) is 70.5 Å². The van der Waals surface area contributed by atoms with E-state index in [1.807, 2.05) is 0 Å². The zero-order valence-electron chi connectivity index (χ0n) is 12.0. The Morgan fingerprint density at radius 1 is 1.17 bits per heavy atom. The van der Waals surface area contributed by atoms with Crippen LogP contribution >= 0.6 is 0 Å². The number of aliphatic hydroxyl groups is 1. The van der Waals surface area contributed by atoms with Crippen molar-refractivity contribution in [2.75, 3.05) is 19.7 Å². The van der Waals surface area contributed by atoms with Gasteiger partial charge < -0.3 is 15.2 Å². The van der Waals surface area contributed by atoms with Gasteiger partial charge in [-0.2, -0.15) is 0 Å². The molecule has 18 heavy (non-hydrogen) atoms. The molecule has 0 aromatic carbocycles. The lowest BCUT2D eigenvalue weighted by molar-refractivity contribution is -0.0164. The highest BCUT2D eigenvalue weighted by atomic mass is 16.5. The minimum Gasteiger partial charge on any atom is -0.396 e. The van der Waals surface area contributed by atoms with Crippen LogP contribution in [0, 0.1) is 5.41 Å². The van der Waals surface area contributed by atoms with E-state index in [1.165, 1.54) is 32.1 Å². The van der Waals surface area contributed by atoms with Gasteiger partial charge in [0.05, 0.1) is 11.7 Å². The van der Waals surface area contributed by atoms with Crippen molar-refractivity contribution in [3.8, 4) is 0 Å². The van der Waals surface area contributed by atoms with E-state index < -0.39 is 0 Å². The number of rotatable bonds is 5. The lowest BCUT2D eigenvalue weighted by Gasteiger charge is -2.36. The van der Waals surface area contributed by atoms with Crippen LogP contribution in [0.5, 0.6) is 0 Å². The molecule has 2 fully saturated rings. The second-order valence-electron chi connectivity index (χ2n) is 6.89. The maximum absolute atomic E-state index is 9.65. The summed E-state index contributed by atoms with van der Waals surface area (Å²) in [5, 5.41) is 13.2. The first-order chi connectivity index (χ1) is 8.55. The quantitative estimate of drug-likeness (QED) is 0.793. The van der Waals surface area contributed by atoms with Crippen LogP contribution in [-0.2, 0) is 4.74 Å². The van der Waals surface area contributed by atoms with Crippen molar-refractivity contribution in [1.29, 1.82) is 0 Å². The van der Waals surface area contributed by atoms with Gasteiger partial charge in [0.2, 0.25) is 0 Å². The van der Waals surface area contributed by atoms with Crippen LogP contribution in [0.25, 0.3) is 0 Å². The van der Waals surface area contributed by atoms with Gasteiger partial charge in [0.1, 0.15) is 0 Å². The lowest BCUT2D eigenvalue weighted by Crippen LogP contribution is -2.41. The van der Waals surface area contributed by atoms with Crippen molar-refractivity contribution >= 4 is 0 Å². The smallest absolute Gasteiger partial charge is 0.0707 e. The summed E-state index contributed by atoms with van der Waals surface area (Å²) >= 11 is 0. The average Bonchev–Trinajstić information content (AvgIpc) is 2.70. The van der Waals surface area contributed by atoms with Crippen LogP contribution < -0.4 is 5.32 Å². The Bertz CT molecular complexity index is 259. The zero-order chi connectivity index (χ0) is 13.1.